The molecular weight excluding hydrogens is 480 g/mol. The van der Waals surface area contributed by atoms with Crippen LogP contribution in [0.3, 0.4) is 0 Å². The summed E-state index contributed by atoms with van der Waals surface area (Å²) in [4.78, 5) is 14.6. The van der Waals surface area contributed by atoms with Crippen LogP contribution in [-0.2, 0) is 25.2 Å². The Labute approximate surface area is 182 Å². The molecule has 0 spiro atoms. The minimum atomic E-state index is -4.36. The number of hydrogen-bond donors (Lipinski definition) is 2. The Kier molecular flexibility index (Phi) is 6.11. The molecule has 3 rings (SSSR count). The van der Waals surface area contributed by atoms with E-state index in [0.29, 0.717) is 16.7 Å². The molecule has 2 atom stereocenters. The summed E-state index contributed by atoms with van der Waals surface area (Å²) < 4.78 is 38.6. The molecule has 1 saturated heterocycles. The molecule has 29 heavy (non-hydrogen) atoms. The summed E-state index contributed by atoms with van der Waals surface area (Å²) in [5.74, 6) is -0.253. The third kappa shape index (κ3) is 3.95. The van der Waals surface area contributed by atoms with Gasteiger partial charge in [0.25, 0.3) is 16.0 Å². The van der Waals surface area contributed by atoms with Crippen LogP contribution in [0.1, 0.15) is 21.9 Å². The zero-order valence-electron chi connectivity index (χ0n) is 15.6. The first kappa shape index (κ1) is 21.8. The van der Waals surface area contributed by atoms with Gasteiger partial charge in [0.05, 0.1) is 6.61 Å². The number of thiocarbonyl (C=S) groups is 1. The van der Waals surface area contributed by atoms with Crippen LogP contribution >= 0.6 is 28.1 Å². The van der Waals surface area contributed by atoms with Crippen LogP contribution in [0.2, 0.25) is 0 Å². The number of methoxy groups -OCH3 is 1. The number of benzene rings is 2. The Morgan fingerprint density at radius 3 is 2.38 bits per heavy atom. The molecule has 2 aromatic carbocycles. The van der Waals surface area contributed by atoms with E-state index >= 15 is 0 Å². The summed E-state index contributed by atoms with van der Waals surface area (Å²) in [6.45, 7) is -0.195. The van der Waals surface area contributed by atoms with Gasteiger partial charge in [0.2, 0.25) is 0 Å². The largest absolute Gasteiger partial charge is 0.383 e. The van der Waals surface area contributed by atoms with Crippen LogP contribution in [0.25, 0.3) is 0 Å². The van der Waals surface area contributed by atoms with Crippen molar-refractivity contribution in [3.8, 4) is 0 Å². The highest BCUT2D eigenvalue weighted by atomic mass is 79.9. The van der Waals surface area contributed by atoms with Gasteiger partial charge in [0.1, 0.15) is 5.25 Å². The zero-order valence-corrected chi connectivity index (χ0v) is 18.8. The molecule has 0 aromatic heterocycles. The van der Waals surface area contributed by atoms with Crippen molar-refractivity contribution in [3.05, 3.63) is 69.7 Å². The number of hydrogen-bond acceptors (Lipinski definition) is 5. The van der Waals surface area contributed by atoms with Crippen LogP contribution in [0.4, 0.5) is 0 Å². The quantitative estimate of drug-likeness (QED) is 0.466. The fourth-order valence-corrected chi connectivity index (χ4v) is 4.82. The lowest BCUT2D eigenvalue weighted by Gasteiger charge is -2.29. The first-order valence-corrected chi connectivity index (χ1v) is 11.2. The Balaban J connectivity index is 2.14. The second-order valence-corrected chi connectivity index (χ2v) is 9.54. The molecule has 0 bridgehead atoms. The lowest BCUT2D eigenvalue weighted by Crippen LogP contribution is -2.45. The van der Waals surface area contributed by atoms with E-state index in [1.54, 1.807) is 31.3 Å². The number of likely N-dealkylation sites (N-methyl/N-ethyl adjacent to an activating group) is 1. The molecule has 1 aliphatic rings. The van der Waals surface area contributed by atoms with Gasteiger partial charge in [-0.05, 0) is 41.0 Å². The average molecular weight is 499 g/mol. The van der Waals surface area contributed by atoms with Gasteiger partial charge in [-0.1, -0.05) is 52.3 Å². The number of rotatable bonds is 6. The highest BCUT2D eigenvalue weighted by Crippen LogP contribution is 2.37. The maximum absolute atomic E-state index is 13.2. The molecule has 2 unspecified atom stereocenters. The second-order valence-electron chi connectivity index (χ2n) is 6.64. The second kappa shape index (κ2) is 8.11. The summed E-state index contributed by atoms with van der Waals surface area (Å²) in [5.41, 5.74) is 0.370. The molecule has 1 aliphatic heterocycles. The van der Waals surface area contributed by atoms with Crippen molar-refractivity contribution in [1.82, 2.24) is 10.2 Å². The van der Waals surface area contributed by atoms with Gasteiger partial charge in [-0.15, -0.1) is 0 Å². The van der Waals surface area contributed by atoms with Crippen LogP contribution in [-0.4, -0.2) is 49.7 Å². The monoisotopic (exact) mass is 498 g/mol. The van der Waals surface area contributed by atoms with Gasteiger partial charge in [0, 0.05) is 18.6 Å². The van der Waals surface area contributed by atoms with Crippen LogP contribution < -0.4 is 5.32 Å². The predicted molar refractivity (Wildman–Crippen MR) is 116 cm³/mol. The molecule has 1 amide bonds. The maximum atomic E-state index is 13.2. The first-order chi connectivity index (χ1) is 13.6. The Morgan fingerprint density at radius 1 is 1.24 bits per heavy atom. The summed E-state index contributed by atoms with van der Waals surface area (Å²) in [6, 6.07) is 13.7. The van der Waals surface area contributed by atoms with Crippen LogP contribution in [0.15, 0.2) is 53.0 Å². The number of nitrogens with one attached hydrogen (secondary N) is 1. The van der Waals surface area contributed by atoms with E-state index in [9.17, 15) is 17.8 Å². The van der Waals surface area contributed by atoms with E-state index in [1.807, 2.05) is 24.3 Å². The Hall–Kier alpha value is -1.85. The molecule has 2 aromatic rings. The summed E-state index contributed by atoms with van der Waals surface area (Å²) >= 11 is 8.74. The van der Waals surface area contributed by atoms with E-state index in [1.165, 1.54) is 12.0 Å². The van der Waals surface area contributed by atoms with Gasteiger partial charge < -0.3 is 10.1 Å². The Morgan fingerprint density at radius 2 is 1.90 bits per heavy atom. The van der Waals surface area contributed by atoms with Crippen molar-refractivity contribution < 1.29 is 22.5 Å². The zero-order chi connectivity index (χ0) is 21.4. The molecule has 0 radical (unpaired) electrons. The van der Waals surface area contributed by atoms with E-state index in [-0.39, 0.29) is 17.6 Å². The highest BCUT2D eigenvalue weighted by molar-refractivity contribution is 9.10. The minimum absolute atomic E-state index is 0.195. The SMILES string of the molecule is COCC(c1ccc(C2(c3cccc(Br)c3)NC(=S)N(C)C2=O)cc1)S(=O)(=O)O. The number of carbonyl (C=O) groups is 1. The number of halogens is 1. The molecule has 7 nitrogen and oxygen atoms in total. The van der Waals surface area contributed by atoms with Crippen molar-refractivity contribution >= 4 is 49.3 Å². The molecule has 2 N–H and O–H groups in total. The molecular formula is C19H19BrN2O5S2. The third-order valence-electron chi connectivity index (χ3n) is 4.88. The van der Waals surface area contributed by atoms with Gasteiger partial charge in [0.15, 0.2) is 10.7 Å². The highest BCUT2D eigenvalue weighted by Gasteiger charge is 2.50. The first-order valence-electron chi connectivity index (χ1n) is 8.53. The van der Waals surface area contributed by atoms with Crippen molar-refractivity contribution in [2.24, 2.45) is 0 Å². The number of carbonyl (C=O) groups excluding carboxylic acids is 1. The van der Waals surface area contributed by atoms with E-state index in [4.69, 9.17) is 17.0 Å². The van der Waals surface area contributed by atoms with Crippen molar-refractivity contribution in [2.45, 2.75) is 10.8 Å². The van der Waals surface area contributed by atoms with E-state index < -0.39 is 20.9 Å². The van der Waals surface area contributed by atoms with Gasteiger partial charge >= 0.3 is 0 Å². The van der Waals surface area contributed by atoms with Crippen LogP contribution in [0.5, 0.6) is 0 Å². The Bertz CT molecular complexity index is 1060. The molecule has 1 heterocycles. The molecule has 0 saturated carbocycles. The smallest absolute Gasteiger partial charge is 0.274 e. The summed E-state index contributed by atoms with van der Waals surface area (Å²) in [6.07, 6.45) is 0. The minimum Gasteiger partial charge on any atom is -0.383 e. The lowest BCUT2D eigenvalue weighted by molar-refractivity contribution is -0.129. The van der Waals surface area contributed by atoms with Gasteiger partial charge in [-0.25, -0.2) is 0 Å². The third-order valence-corrected chi connectivity index (χ3v) is 6.87. The molecule has 0 aliphatic carbocycles. The maximum Gasteiger partial charge on any atom is 0.274 e. The predicted octanol–water partition coefficient (Wildman–Crippen LogP) is 2.61. The summed E-state index contributed by atoms with van der Waals surface area (Å²) in [5, 5.41) is 2.19. The topological polar surface area (TPSA) is 95.9 Å². The van der Waals surface area contributed by atoms with Gasteiger partial charge in [-0.3, -0.25) is 14.2 Å². The van der Waals surface area contributed by atoms with Crippen molar-refractivity contribution in [2.75, 3.05) is 20.8 Å². The number of ether oxygens (including phenoxy) is 1. The fourth-order valence-electron chi connectivity index (χ4n) is 3.37. The number of amides is 1. The summed E-state index contributed by atoms with van der Waals surface area (Å²) in [7, 11) is -1.41. The van der Waals surface area contributed by atoms with Crippen LogP contribution in [0, 0.1) is 0 Å². The molecule has 1 fully saturated rings. The van der Waals surface area contributed by atoms with Gasteiger partial charge in [-0.2, -0.15) is 8.42 Å². The molecule has 154 valence electrons. The fraction of sp³-hybridized carbons (Fsp3) is 0.263. The van der Waals surface area contributed by atoms with E-state index in [0.717, 1.165) is 4.47 Å². The average Bonchev–Trinajstić information content (AvgIpc) is 2.90. The molecule has 10 heteroatoms. The van der Waals surface area contributed by atoms with E-state index in [2.05, 4.69) is 21.2 Å². The normalized spacial score (nSPS) is 20.6. The van der Waals surface area contributed by atoms with Crippen molar-refractivity contribution in [1.29, 1.82) is 0 Å². The van der Waals surface area contributed by atoms with Crippen molar-refractivity contribution in [3.63, 3.8) is 0 Å². The standard InChI is InChI=1S/C19H19BrN2O5S2/c1-22-17(23)19(21-18(22)28,14-4-3-5-15(20)10-14)13-8-6-12(7-9-13)16(11-27-2)29(24,25)26/h3-10,16H,11H2,1-2H3,(H,21,28)(H,24,25,26). The number of nitrogens with zero attached hydrogens (tertiary/aromatic N) is 1. The lowest BCUT2D eigenvalue weighted by atomic mass is 9.82.